The molecule has 596 valence electrons. The van der Waals surface area contributed by atoms with Crippen molar-refractivity contribution in [3.8, 4) is 17.6 Å². The van der Waals surface area contributed by atoms with Gasteiger partial charge in [0, 0.05) is 96.3 Å². The van der Waals surface area contributed by atoms with Crippen LogP contribution in [0.2, 0.25) is 0 Å². The molecule has 0 saturated carbocycles. The number of guanidine groups is 2. The fourth-order valence-corrected chi connectivity index (χ4v) is 14.0. The van der Waals surface area contributed by atoms with Crippen LogP contribution in [0.5, 0.6) is 11.5 Å². The number of hydrogen-bond donors (Lipinski definition) is 6. The highest BCUT2D eigenvalue weighted by Gasteiger charge is 2.39. The lowest BCUT2D eigenvalue weighted by atomic mass is 9.87. The highest BCUT2D eigenvalue weighted by atomic mass is 19.4. The molecule has 36 heteroatoms. The molecule has 6 N–H and O–H groups in total. The van der Waals surface area contributed by atoms with E-state index in [0.717, 1.165) is 23.8 Å². The van der Waals surface area contributed by atoms with Crippen molar-refractivity contribution in [3.05, 3.63) is 201 Å². The number of hydrogen-bond acceptors (Lipinski definition) is 24. The molecule has 6 aromatic carbocycles. The van der Waals surface area contributed by atoms with Gasteiger partial charge in [-0.05, 0) is 133 Å². The Morgan fingerprint density at radius 2 is 1.14 bits per heavy atom. The van der Waals surface area contributed by atoms with Crippen molar-refractivity contribution in [1.29, 1.82) is 5.26 Å². The van der Waals surface area contributed by atoms with E-state index in [4.69, 9.17) is 39.7 Å². The van der Waals surface area contributed by atoms with Crippen LogP contribution < -0.4 is 46.3 Å². The topological polar surface area (TPSA) is 308 Å². The Hall–Kier alpha value is -13.5. The van der Waals surface area contributed by atoms with Gasteiger partial charge in [-0.15, -0.1) is 13.2 Å². The van der Waals surface area contributed by atoms with Crippen LogP contribution in [0.3, 0.4) is 0 Å². The minimum Gasteiger partial charge on any atom is -0.495 e. The van der Waals surface area contributed by atoms with Crippen molar-refractivity contribution >= 4 is 112 Å². The summed E-state index contributed by atoms with van der Waals surface area (Å²) in [5.74, 6) is -1.04. The molecule has 3 amide bonds. The van der Waals surface area contributed by atoms with E-state index in [1.165, 1.54) is 68.2 Å². The molecule has 5 atom stereocenters. The van der Waals surface area contributed by atoms with E-state index < -0.39 is 77.7 Å². The maximum Gasteiger partial charge on any atom is 0.573 e. The van der Waals surface area contributed by atoms with E-state index >= 15 is 4.39 Å². The maximum atomic E-state index is 15.2. The summed E-state index contributed by atoms with van der Waals surface area (Å²) >= 11 is 0. The third-order valence-corrected chi connectivity index (χ3v) is 20.2. The number of amides is 3. The van der Waals surface area contributed by atoms with Gasteiger partial charge < -0.3 is 65.9 Å². The summed E-state index contributed by atoms with van der Waals surface area (Å²) in [7, 11) is 1.49. The number of nitrogens with zero attached hydrogens (tertiary/aromatic N) is 16. The Morgan fingerprint density at radius 3 is 1.69 bits per heavy atom. The van der Waals surface area contributed by atoms with E-state index in [9.17, 15) is 54.8 Å². The number of benzene rings is 6. The lowest BCUT2D eigenvalue weighted by Crippen LogP contribution is -2.43. The van der Waals surface area contributed by atoms with Crippen LogP contribution >= 0.6 is 0 Å². The van der Waals surface area contributed by atoms with Gasteiger partial charge >= 0.3 is 12.5 Å². The number of likely N-dealkylation sites (tertiary alicyclic amines) is 2. The van der Waals surface area contributed by atoms with Crippen LogP contribution in [0.4, 0.5) is 85.4 Å². The van der Waals surface area contributed by atoms with Gasteiger partial charge in [-0.2, -0.15) is 18.4 Å². The van der Waals surface area contributed by atoms with Crippen LogP contribution in [0.1, 0.15) is 104 Å². The molecule has 3 fully saturated rings. The van der Waals surface area contributed by atoms with E-state index in [1.807, 2.05) is 37.8 Å². The summed E-state index contributed by atoms with van der Waals surface area (Å²) in [4.78, 5) is 99.7. The smallest absolute Gasteiger partial charge is 0.495 e. The Bertz CT molecular complexity index is 5560. The van der Waals surface area contributed by atoms with E-state index in [1.54, 1.807) is 88.0 Å². The number of aliphatic imine (C=N–C) groups is 6. The second-order valence-electron chi connectivity index (χ2n) is 29.3. The number of methoxy groups -OCH3 is 1. The van der Waals surface area contributed by atoms with Gasteiger partial charge in [0.1, 0.15) is 70.9 Å². The van der Waals surface area contributed by atoms with Crippen molar-refractivity contribution in [2.45, 2.75) is 109 Å². The van der Waals surface area contributed by atoms with Gasteiger partial charge in [-0.1, -0.05) is 51.1 Å². The highest BCUT2D eigenvalue weighted by Crippen LogP contribution is 2.40. The quantitative estimate of drug-likeness (QED) is 0.0410. The number of fused-ring (bicyclic) bond motifs is 3. The van der Waals surface area contributed by atoms with Crippen LogP contribution in [-0.4, -0.2) is 178 Å². The molecule has 3 saturated heterocycles. The lowest BCUT2D eigenvalue weighted by Gasteiger charge is -2.36. The van der Waals surface area contributed by atoms with Crippen LogP contribution in [0.15, 0.2) is 181 Å². The number of aryl methyl sites for hydroxylation is 1. The number of ether oxygens (including phenoxy) is 2. The summed E-state index contributed by atoms with van der Waals surface area (Å²) in [6, 6.07) is 27.3. The SMILES string of the molecule is COc1ccc(C(C)(C)C)cc1NC(=O)c1ccc(CN2C=NC(Nc3cc(C(=O)Nc4ccc(C#N)c(C(F)(F)F)c4)ccc3C)=C3N=C(N4CC[C@H](F)C4)N=CC32)c(NC2=C3N=C(N4CC[C@H](F)C4)N=CC3N(Cc3ccc(C(=O)Nc4cccc(OC(F)(F)F)c4)cc3Nc3ncnc4cnc(N5CC[C@H](F)C5)nc34)C=N2)c1. The largest absolute Gasteiger partial charge is 0.573 e. The minimum atomic E-state index is -5.01. The van der Waals surface area contributed by atoms with Gasteiger partial charge in [0.05, 0.1) is 68.5 Å². The number of carbonyl (C=O) groups is 3. The second-order valence-corrected chi connectivity index (χ2v) is 29.3. The fraction of sp³-hybridized carbons (Fsp3) is 0.300. The molecule has 9 heterocycles. The summed E-state index contributed by atoms with van der Waals surface area (Å²) in [6.45, 7) is 8.87. The summed E-state index contributed by atoms with van der Waals surface area (Å²) in [5.41, 5.74) is 3.00. The Labute approximate surface area is 657 Å². The Morgan fingerprint density at radius 1 is 0.586 bits per heavy atom. The summed E-state index contributed by atoms with van der Waals surface area (Å²) in [6.07, 6.45) is -3.48. The minimum absolute atomic E-state index is 0.00133. The molecule has 0 radical (unpaired) electrons. The number of halogens is 9. The molecule has 0 aliphatic carbocycles. The molecular weight excluding hydrogens is 1520 g/mol. The molecule has 7 aliphatic heterocycles. The molecule has 2 aromatic heterocycles. The number of nitriles is 1. The number of aromatic nitrogens is 4. The molecule has 15 rings (SSSR count). The van der Waals surface area contributed by atoms with Crippen molar-refractivity contribution in [2.75, 3.05) is 83.2 Å². The van der Waals surface area contributed by atoms with Crippen molar-refractivity contribution in [3.63, 3.8) is 0 Å². The number of anilines is 8. The standard InChI is InChI=1S/C80H73F9N22O5/c1-43-9-10-44(72(112)99-55-17-15-47(31-90)57(30-55)79(84,85)86)25-58(43)100-70-67-63(33-92-76(105-67)108-23-20-52(82)38-108)110(41-96-70)36-49-14-12-46(74(114)103-61-28-50(78(2,3)4)16-18-65(61)115-5)27-60(49)102-71-68-64(34-93-77(106-68)109-24-21-53(83)39-109)111(42-97-71)35-48-13-11-45(73(113)98-54-7-6-8-56(29-54)116-80(87,88)89)26-59(48)101-69-66-62(94-40-95-69)32-91-75(104-66)107-22-19-51(81)37-107/h6-18,25-30,32-34,40-42,51-53,63-64,100,102H,19-24,35-39H2,1-5H3,(H,98,113)(H,99,112)(H,103,114)(H,94,95,101)/t51-,52-,53-,63?,64?/m0/s1. The molecule has 0 spiro atoms. The van der Waals surface area contributed by atoms with Crippen LogP contribution in [0, 0.1) is 18.3 Å². The second kappa shape index (κ2) is 31.8. The Balaban J connectivity index is 0.786. The van der Waals surface area contributed by atoms with Gasteiger partial charge in [-0.3, -0.25) is 14.4 Å². The first-order chi connectivity index (χ1) is 55.5. The zero-order valence-corrected chi connectivity index (χ0v) is 62.7. The van der Waals surface area contributed by atoms with Crippen LogP contribution in [-0.2, 0) is 24.7 Å². The first-order valence-corrected chi connectivity index (χ1v) is 36.8. The first kappa shape index (κ1) is 77.8. The highest BCUT2D eigenvalue weighted by molar-refractivity contribution is 6.08. The fourth-order valence-electron chi connectivity index (χ4n) is 14.0. The summed E-state index contributed by atoms with van der Waals surface area (Å²) < 4.78 is 137. The maximum absolute atomic E-state index is 15.2. The van der Waals surface area contributed by atoms with Crippen molar-refractivity contribution < 1.29 is 63.4 Å². The molecular formula is C80H73F9N22O5. The molecule has 116 heavy (non-hydrogen) atoms. The third-order valence-electron chi connectivity index (χ3n) is 20.2. The van der Waals surface area contributed by atoms with E-state index in [2.05, 4.69) is 51.6 Å². The molecule has 7 aliphatic rings. The van der Waals surface area contributed by atoms with Gasteiger partial charge in [0.25, 0.3) is 17.7 Å². The van der Waals surface area contributed by atoms with E-state index in [-0.39, 0.29) is 144 Å². The number of alkyl halides is 9. The monoisotopic (exact) mass is 1590 g/mol. The molecule has 0 bridgehead atoms. The van der Waals surface area contributed by atoms with E-state index in [0.29, 0.717) is 69.9 Å². The molecule has 8 aromatic rings. The van der Waals surface area contributed by atoms with Gasteiger partial charge in [-0.25, -0.2) is 63.1 Å². The average molecular weight is 1590 g/mol. The van der Waals surface area contributed by atoms with Crippen molar-refractivity contribution in [1.82, 2.24) is 39.5 Å². The predicted molar refractivity (Wildman–Crippen MR) is 420 cm³/mol. The number of nitrogens with one attached hydrogen (secondary N) is 6. The Kier molecular flexibility index (Phi) is 21.3. The summed E-state index contributed by atoms with van der Waals surface area (Å²) in [5, 5.41) is 27.8. The first-order valence-electron chi connectivity index (χ1n) is 36.8. The molecule has 27 nitrogen and oxygen atoms in total. The van der Waals surface area contributed by atoms with Crippen molar-refractivity contribution in [2.24, 2.45) is 30.0 Å². The molecule has 2 unspecified atom stereocenters. The third kappa shape index (κ3) is 17.2. The predicted octanol–water partition coefficient (Wildman–Crippen LogP) is 13.8. The van der Waals surface area contributed by atoms with Gasteiger partial charge in [0.15, 0.2) is 17.5 Å². The van der Waals surface area contributed by atoms with Crippen LogP contribution in [0.25, 0.3) is 11.0 Å². The van der Waals surface area contributed by atoms with Gasteiger partial charge in [0.2, 0.25) is 17.9 Å². The average Bonchev–Trinajstić information content (AvgIpc) is 0.953. The zero-order valence-electron chi connectivity index (χ0n) is 62.7. The lowest BCUT2D eigenvalue weighted by molar-refractivity contribution is -0.274. The normalized spacial score (nSPS) is 19.2. The zero-order chi connectivity index (χ0) is 81.5. The number of rotatable bonds is 19. The number of carbonyl (C=O) groups excluding carboxylic acids is 3.